The first-order valence-electron chi connectivity index (χ1n) is 7.87. The summed E-state index contributed by atoms with van der Waals surface area (Å²) >= 11 is 0. The normalized spacial score (nSPS) is 32.5. The molecule has 3 fully saturated rings. The summed E-state index contributed by atoms with van der Waals surface area (Å²) in [5.41, 5.74) is 6.11. The fraction of sp³-hybridized carbons (Fsp3) is 0.867. The number of hydrogen-bond acceptors (Lipinski definition) is 4. The van der Waals surface area contributed by atoms with E-state index < -0.39 is 6.04 Å². The van der Waals surface area contributed by atoms with E-state index >= 15 is 0 Å². The maximum absolute atomic E-state index is 12.6. The Labute approximate surface area is 119 Å². The van der Waals surface area contributed by atoms with Crippen molar-refractivity contribution in [1.82, 2.24) is 4.90 Å². The van der Waals surface area contributed by atoms with E-state index in [0.717, 1.165) is 19.3 Å². The molecule has 3 unspecified atom stereocenters. The molecule has 0 aromatic rings. The van der Waals surface area contributed by atoms with Gasteiger partial charge in [0, 0.05) is 6.54 Å². The number of rotatable bonds is 3. The highest BCUT2D eigenvalue weighted by Crippen LogP contribution is 2.30. The van der Waals surface area contributed by atoms with E-state index in [2.05, 4.69) is 0 Å². The van der Waals surface area contributed by atoms with Crippen molar-refractivity contribution in [2.75, 3.05) is 13.2 Å². The summed E-state index contributed by atoms with van der Waals surface area (Å²) in [4.78, 5) is 26.2. The van der Waals surface area contributed by atoms with Gasteiger partial charge >= 0.3 is 0 Å². The standard InChI is InChI=1S/C15H24N2O3/c16-11(8-10-4-1-2-5-10)15(19)17-7-3-6-13-14(17)12(18)9-20-13/h10-11,13-14H,1-9,16H2. The van der Waals surface area contributed by atoms with Crippen LogP contribution in [0.2, 0.25) is 0 Å². The predicted molar refractivity (Wildman–Crippen MR) is 74.0 cm³/mol. The molecule has 112 valence electrons. The second kappa shape index (κ2) is 5.82. The molecule has 2 N–H and O–H groups in total. The zero-order chi connectivity index (χ0) is 14.1. The molecule has 0 aromatic heterocycles. The van der Waals surface area contributed by atoms with Crippen molar-refractivity contribution in [3.05, 3.63) is 0 Å². The van der Waals surface area contributed by atoms with E-state index in [1.165, 1.54) is 25.7 Å². The first-order chi connectivity index (χ1) is 9.66. The average Bonchev–Trinajstić information content (AvgIpc) is 3.08. The van der Waals surface area contributed by atoms with Crippen LogP contribution < -0.4 is 5.73 Å². The van der Waals surface area contributed by atoms with Crippen molar-refractivity contribution >= 4 is 11.7 Å². The number of piperidine rings is 1. The van der Waals surface area contributed by atoms with Gasteiger partial charge in [0.05, 0.1) is 12.1 Å². The molecule has 2 saturated heterocycles. The van der Waals surface area contributed by atoms with Crippen LogP contribution in [-0.2, 0) is 14.3 Å². The number of ether oxygens (including phenoxy) is 1. The third-order valence-electron chi connectivity index (χ3n) is 5.01. The summed E-state index contributed by atoms with van der Waals surface area (Å²) in [6.45, 7) is 0.796. The Morgan fingerprint density at radius 3 is 2.80 bits per heavy atom. The second-order valence-corrected chi connectivity index (χ2v) is 6.43. The van der Waals surface area contributed by atoms with Crippen LogP contribution in [-0.4, -0.2) is 47.9 Å². The van der Waals surface area contributed by atoms with Crippen LogP contribution in [0.25, 0.3) is 0 Å². The zero-order valence-corrected chi connectivity index (χ0v) is 11.9. The van der Waals surface area contributed by atoms with Crippen molar-refractivity contribution in [2.24, 2.45) is 11.7 Å². The highest BCUT2D eigenvalue weighted by molar-refractivity contribution is 5.93. The number of nitrogens with two attached hydrogens (primary N) is 1. The highest BCUT2D eigenvalue weighted by Gasteiger charge is 2.45. The van der Waals surface area contributed by atoms with Gasteiger partial charge in [-0.05, 0) is 25.2 Å². The summed E-state index contributed by atoms with van der Waals surface area (Å²) in [5.74, 6) is 0.576. The Balaban J connectivity index is 1.64. The molecule has 3 aliphatic rings. The Bertz CT molecular complexity index is 393. The monoisotopic (exact) mass is 280 g/mol. The van der Waals surface area contributed by atoms with E-state index in [4.69, 9.17) is 10.5 Å². The molecule has 0 aromatic carbocycles. The van der Waals surface area contributed by atoms with Gasteiger partial charge in [0.15, 0.2) is 5.78 Å². The number of ketones is 1. The molecule has 1 amide bonds. The number of carbonyl (C=O) groups is 2. The summed E-state index contributed by atoms with van der Waals surface area (Å²) in [6.07, 6.45) is 7.33. The number of likely N-dealkylation sites (tertiary alicyclic amines) is 1. The van der Waals surface area contributed by atoms with E-state index in [0.29, 0.717) is 12.5 Å². The fourth-order valence-electron chi connectivity index (χ4n) is 3.96. The van der Waals surface area contributed by atoms with E-state index in [1.807, 2.05) is 0 Å². The number of nitrogens with zero attached hydrogens (tertiary/aromatic N) is 1. The van der Waals surface area contributed by atoms with Gasteiger partial charge in [0.2, 0.25) is 5.91 Å². The van der Waals surface area contributed by atoms with Crippen molar-refractivity contribution in [3.8, 4) is 0 Å². The lowest BCUT2D eigenvalue weighted by Crippen LogP contribution is -2.56. The van der Waals surface area contributed by atoms with Crippen LogP contribution in [0.3, 0.4) is 0 Å². The van der Waals surface area contributed by atoms with E-state index in [-0.39, 0.29) is 30.4 Å². The van der Waals surface area contributed by atoms with Crippen LogP contribution in [0.5, 0.6) is 0 Å². The maximum Gasteiger partial charge on any atom is 0.240 e. The van der Waals surface area contributed by atoms with Gasteiger partial charge in [-0.3, -0.25) is 9.59 Å². The molecule has 5 heteroatoms. The van der Waals surface area contributed by atoms with Crippen LogP contribution in [0, 0.1) is 5.92 Å². The van der Waals surface area contributed by atoms with Gasteiger partial charge in [0.25, 0.3) is 0 Å². The minimum absolute atomic E-state index is 0.0381. The smallest absolute Gasteiger partial charge is 0.240 e. The lowest BCUT2D eigenvalue weighted by molar-refractivity contribution is -0.142. The Morgan fingerprint density at radius 2 is 2.05 bits per heavy atom. The van der Waals surface area contributed by atoms with Gasteiger partial charge in [0.1, 0.15) is 12.6 Å². The molecule has 0 radical (unpaired) electrons. The van der Waals surface area contributed by atoms with Gasteiger partial charge in [-0.15, -0.1) is 0 Å². The van der Waals surface area contributed by atoms with Crippen molar-refractivity contribution in [3.63, 3.8) is 0 Å². The lowest BCUT2D eigenvalue weighted by atomic mass is 9.94. The molecule has 0 spiro atoms. The van der Waals surface area contributed by atoms with Crippen molar-refractivity contribution in [1.29, 1.82) is 0 Å². The SMILES string of the molecule is NC(CC1CCCC1)C(=O)N1CCCC2OCC(=O)C21. The molecule has 0 bridgehead atoms. The minimum atomic E-state index is -0.453. The van der Waals surface area contributed by atoms with Crippen LogP contribution in [0.15, 0.2) is 0 Å². The Kier molecular flexibility index (Phi) is 4.08. The quantitative estimate of drug-likeness (QED) is 0.832. The van der Waals surface area contributed by atoms with Crippen LogP contribution in [0.4, 0.5) is 0 Å². The molecule has 5 nitrogen and oxygen atoms in total. The second-order valence-electron chi connectivity index (χ2n) is 6.43. The molecular formula is C15H24N2O3. The first kappa shape index (κ1) is 14.0. The molecule has 3 atom stereocenters. The van der Waals surface area contributed by atoms with Gasteiger partial charge in [-0.1, -0.05) is 25.7 Å². The third kappa shape index (κ3) is 2.61. The van der Waals surface area contributed by atoms with E-state index in [1.54, 1.807) is 4.90 Å². The third-order valence-corrected chi connectivity index (χ3v) is 5.01. The van der Waals surface area contributed by atoms with E-state index in [9.17, 15) is 9.59 Å². The Hall–Kier alpha value is -0.940. The first-order valence-corrected chi connectivity index (χ1v) is 7.87. The minimum Gasteiger partial charge on any atom is -0.368 e. The van der Waals surface area contributed by atoms with Gasteiger partial charge < -0.3 is 15.4 Å². The summed E-state index contributed by atoms with van der Waals surface area (Å²) in [5, 5.41) is 0. The number of amides is 1. The number of Topliss-reactive ketones (excluding diaryl/α,β-unsaturated/α-hetero) is 1. The van der Waals surface area contributed by atoms with Crippen LogP contribution >= 0.6 is 0 Å². The van der Waals surface area contributed by atoms with Gasteiger partial charge in [-0.2, -0.15) is 0 Å². The molecule has 2 aliphatic heterocycles. The van der Waals surface area contributed by atoms with Crippen LogP contribution in [0.1, 0.15) is 44.9 Å². The molecule has 1 aliphatic carbocycles. The average molecular weight is 280 g/mol. The molecule has 3 rings (SSSR count). The lowest BCUT2D eigenvalue weighted by Gasteiger charge is -2.37. The predicted octanol–water partition coefficient (Wildman–Crippen LogP) is 0.853. The number of hydrogen-bond donors (Lipinski definition) is 1. The topological polar surface area (TPSA) is 72.6 Å². The molecule has 2 heterocycles. The fourth-order valence-corrected chi connectivity index (χ4v) is 3.96. The highest BCUT2D eigenvalue weighted by atomic mass is 16.5. The number of carbonyl (C=O) groups excluding carboxylic acids is 2. The largest absolute Gasteiger partial charge is 0.368 e. The van der Waals surface area contributed by atoms with Crippen molar-refractivity contribution < 1.29 is 14.3 Å². The van der Waals surface area contributed by atoms with Gasteiger partial charge in [-0.25, -0.2) is 0 Å². The molecule has 1 saturated carbocycles. The molecule has 20 heavy (non-hydrogen) atoms. The number of fused-ring (bicyclic) bond motifs is 1. The Morgan fingerprint density at radius 1 is 1.30 bits per heavy atom. The zero-order valence-electron chi connectivity index (χ0n) is 11.9. The van der Waals surface area contributed by atoms with Crippen molar-refractivity contribution in [2.45, 2.75) is 63.1 Å². The summed E-state index contributed by atoms with van der Waals surface area (Å²) in [7, 11) is 0. The summed E-state index contributed by atoms with van der Waals surface area (Å²) < 4.78 is 5.48. The maximum atomic E-state index is 12.6. The summed E-state index contributed by atoms with van der Waals surface area (Å²) in [6, 6.07) is -0.823. The molecular weight excluding hydrogens is 256 g/mol.